The van der Waals surface area contributed by atoms with Crippen molar-refractivity contribution in [3.05, 3.63) is 29.8 Å². The lowest BCUT2D eigenvalue weighted by molar-refractivity contribution is 0.0572. The van der Waals surface area contributed by atoms with Crippen LogP contribution in [0, 0.1) is 0 Å². The van der Waals surface area contributed by atoms with Crippen LogP contribution in [0.4, 0.5) is 5.69 Å². The van der Waals surface area contributed by atoms with Crippen molar-refractivity contribution in [3.8, 4) is 0 Å². The van der Waals surface area contributed by atoms with Crippen LogP contribution in [-0.4, -0.2) is 42.1 Å². The van der Waals surface area contributed by atoms with Gasteiger partial charge in [0, 0.05) is 25.3 Å². The number of rotatable bonds is 5. The second-order valence-corrected chi connectivity index (χ2v) is 4.85. The standard InChI is InChI=1S/C14H22N2O2/c1-2-7-15-8-11-5-3-4-6-12(11)16-9-13(17)14(18)10-16/h3-6,13-15,17-18H,2,7-10H2,1H3. The molecule has 1 aromatic carbocycles. The van der Waals surface area contributed by atoms with E-state index in [1.807, 2.05) is 18.2 Å². The van der Waals surface area contributed by atoms with Crippen LogP contribution >= 0.6 is 0 Å². The van der Waals surface area contributed by atoms with E-state index >= 15 is 0 Å². The summed E-state index contributed by atoms with van der Waals surface area (Å²) in [6.45, 7) is 4.98. The van der Waals surface area contributed by atoms with E-state index in [2.05, 4.69) is 23.2 Å². The Hall–Kier alpha value is -1.10. The highest BCUT2D eigenvalue weighted by molar-refractivity contribution is 5.54. The molecule has 2 unspecified atom stereocenters. The van der Waals surface area contributed by atoms with Crippen LogP contribution in [0.3, 0.4) is 0 Å². The highest BCUT2D eigenvalue weighted by atomic mass is 16.3. The predicted molar refractivity (Wildman–Crippen MR) is 72.7 cm³/mol. The maximum Gasteiger partial charge on any atom is 0.0990 e. The summed E-state index contributed by atoms with van der Waals surface area (Å²) in [7, 11) is 0. The lowest BCUT2D eigenvalue weighted by atomic mass is 10.1. The van der Waals surface area contributed by atoms with Gasteiger partial charge in [0.1, 0.15) is 0 Å². The lowest BCUT2D eigenvalue weighted by Gasteiger charge is -2.21. The molecule has 1 aliphatic heterocycles. The third-order valence-electron chi connectivity index (χ3n) is 3.33. The topological polar surface area (TPSA) is 55.7 Å². The molecule has 0 aliphatic carbocycles. The Bertz CT molecular complexity index is 374. The van der Waals surface area contributed by atoms with E-state index in [1.165, 1.54) is 5.56 Å². The Kier molecular flexibility index (Phi) is 4.58. The van der Waals surface area contributed by atoms with Crippen LogP contribution in [0.25, 0.3) is 0 Å². The summed E-state index contributed by atoms with van der Waals surface area (Å²) in [4.78, 5) is 2.05. The molecule has 0 saturated carbocycles. The number of anilines is 1. The lowest BCUT2D eigenvalue weighted by Crippen LogP contribution is -2.24. The summed E-state index contributed by atoms with van der Waals surface area (Å²) in [5.41, 5.74) is 2.32. The van der Waals surface area contributed by atoms with E-state index in [9.17, 15) is 10.2 Å². The van der Waals surface area contributed by atoms with Gasteiger partial charge >= 0.3 is 0 Å². The molecule has 0 bridgehead atoms. The summed E-state index contributed by atoms with van der Waals surface area (Å²) in [6.07, 6.45) is -0.160. The van der Waals surface area contributed by atoms with Crippen molar-refractivity contribution in [2.24, 2.45) is 0 Å². The second kappa shape index (κ2) is 6.18. The summed E-state index contributed by atoms with van der Waals surface area (Å²) in [5, 5.41) is 22.6. The third-order valence-corrected chi connectivity index (χ3v) is 3.33. The first-order valence-corrected chi connectivity index (χ1v) is 6.62. The molecular weight excluding hydrogens is 228 g/mol. The minimum absolute atomic E-state index is 0.506. The van der Waals surface area contributed by atoms with E-state index in [0.717, 1.165) is 25.2 Å². The van der Waals surface area contributed by atoms with Gasteiger partial charge in [0.05, 0.1) is 12.2 Å². The van der Waals surface area contributed by atoms with Crippen molar-refractivity contribution in [2.75, 3.05) is 24.5 Å². The fraction of sp³-hybridized carbons (Fsp3) is 0.571. The van der Waals surface area contributed by atoms with Crippen LogP contribution < -0.4 is 10.2 Å². The number of aliphatic hydroxyl groups excluding tert-OH is 2. The second-order valence-electron chi connectivity index (χ2n) is 4.85. The van der Waals surface area contributed by atoms with Crippen LogP contribution in [0.2, 0.25) is 0 Å². The molecule has 1 aliphatic rings. The predicted octanol–water partition coefficient (Wildman–Crippen LogP) is 0.728. The monoisotopic (exact) mass is 250 g/mol. The minimum atomic E-state index is -0.637. The molecule has 4 nitrogen and oxygen atoms in total. The van der Waals surface area contributed by atoms with Crippen molar-refractivity contribution in [3.63, 3.8) is 0 Å². The fourth-order valence-electron chi connectivity index (χ4n) is 2.33. The SMILES string of the molecule is CCCNCc1ccccc1N1CC(O)C(O)C1. The molecule has 0 aromatic heterocycles. The Morgan fingerprint density at radius 1 is 1.22 bits per heavy atom. The average Bonchev–Trinajstić information content (AvgIpc) is 2.70. The van der Waals surface area contributed by atoms with Crippen molar-refractivity contribution in [2.45, 2.75) is 32.1 Å². The first-order chi connectivity index (χ1) is 8.72. The molecule has 18 heavy (non-hydrogen) atoms. The maximum absolute atomic E-state index is 9.63. The highest BCUT2D eigenvalue weighted by Crippen LogP contribution is 2.24. The number of hydrogen-bond donors (Lipinski definition) is 3. The van der Waals surface area contributed by atoms with Gasteiger partial charge in [-0.3, -0.25) is 0 Å². The van der Waals surface area contributed by atoms with Crippen LogP contribution in [-0.2, 0) is 6.54 Å². The van der Waals surface area contributed by atoms with Crippen molar-refractivity contribution in [1.29, 1.82) is 0 Å². The van der Waals surface area contributed by atoms with E-state index in [-0.39, 0.29) is 0 Å². The van der Waals surface area contributed by atoms with Crippen molar-refractivity contribution in [1.82, 2.24) is 5.32 Å². The van der Waals surface area contributed by atoms with Gasteiger partial charge in [0.25, 0.3) is 0 Å². The zero-order valence-electron chi connectivity index (χ0n) is 10.8. The number of hydrogen-bond acceptors (Lipinski definition) is 4. The summed E-state index contributed by atoms with van der Waals surface area (Å²) < 4.78 is 0. The van der Waals surface area contributed by atoms with Gasteiger partial charge in [0.2, 0.25) is 0 Å². The maximum atomic E-state index is 9.63. The molecular formula is C14H22N2O2. The number of β-amino-alcohol motifs (C(OH)–C–C–N with tert-alkyl or cyclic N) is 2. The largest absolute Gasteiger partial charge is 0.389 e. The molecule has 1 fully saturated rings. The number of aliphatic hydroxyl groups is 2. The molecule has 2 atom stereocenters. The molecule has 0 spiro atoms. The highest BCUT2D eigenvalue weighted by Gasteiger charge is 2.30. The first-order valence-electron chi connectivity index (χ1n) is 6.62. The smallest absolute Gasteiger partial charge is 0.0990 e. The van der Waals surface area contributed by atoms with Gasteiger partial charge in [-0.15, -0.1) is 0 Å². The van der Waals surface area contributed by atoms with Crippen molar-refractivity contribution >= 4 is 5.69 Å². The summed E-state index contributed by atoms with van der Waals surface area (Å²) >= 11 is 0. The van der Waals surface area contributed by atoms with Crippen LogP contribution in [0.1, 0.15) is 18.9 Å². The molecule has 4 heteroatoms. The molecule has 100 valence electrons. The first kappa shape index (κ1) is 13.3. The average molecular weight is 250 g/mol. The van der Waals surface area contributed by atoms with E-state index in [0.29, 0.717) is 13.1 Å². The number of para-hydroxylation sites is 1. The number of nitrogens with one attached hydrogen (secondary N) is 1. The van der Waals surface area contributed by atoms with Crippen LogP contribution in [0.15, 0.2) is 24.3 Å². The quantitative estimate of drug-likeness (QED) is 0.674. The molecule has 2 rings (SSSR count). The van der Waals surface area contributed by atoms with Gasteiger partial charge in [-0.25, -0.2) is 0 Å². The van der Waals surface area contributed by atoms with Gasteiger partial charge in [-0.1, -0.05) is 25.1 Å². The van der Waals surface area contributed by atoms with E-state index in [1.54, 1.807) is 0 Å². The van der Waals surface area contributed by atoms with E-state index in [4.69, 9.17) is 0 Å². The molecule has 3 N–H and O–H groups in total. The van der Waals surface area contributed by atoms with Gasteiger partial charge in [0.15, 0.2) is 0 Å². The van der Waals surface area contributed by atoms with Crippen molar-refractivity contribution < 1.29 is 10.2 Å². The molecule has 1 heterocycles. The van der Waals surface area contributed by atoms with E-state index < -0.39 is 12.2 Å². The van der Waals surface area contributed by atoms with Gasteiger partial charge in [-0.05, 0) is 24.6 Å². The Balaban J connectivity index is 2.07. The van der Waals surface area contributed by atoms with Crippen LogP contribution in [0.5, 0.6) is 0 Å². The molecule has 0 amide bonds. The summed E-state index contributed by atoms with van der Waals surface area (Å²) in [5.74, 6) is 0. The molecule has 0 radical (unpaired) electrons. The van der Waals surface area contributed by atoms with Gasteiger partial charge in [-0.2, -0.15) is 0 Å². The Morgan fingerprint density at radius 2 is 1.89 bits per heavy atom. The third kappa shape index (κ3) is 3.02. The van der Waals surface area contributed by atoms with Gasteiger partial charge < -0.3 is 20.4 Å². The molecule has 1 saturated heterocycles. The minimum Gasteiger partial charge on any atom is -0.389 e. The Morgan fingerprint density at radius 3 is 2.56 bits per heavy atom. The zero-order chi connectivity index (χ0) is 13.0. The fourth-order valence-corrected chi connectivity index (χ4v) is 2.33. The number of benzene rings is 1. The summed E-state index contributed by atoms with van der Waals surface area (Å²) in [6, 6.07) is 8.16. The number of nitrogens with zero attached hydrogens (tertiary/aromatic N) is 1. The molecule has 1 aromatic rings. The Labute approximate surface area is 108 Å². The zero-order valence-corrected chi connectivity index (χ0v) is 10.8. The normalized spacial score (nSPS) is 23.6.